The summed E-state index contributed by atoms with van der Waals surface area (Å²) in [6.07, 6.45) is 1.76. The number of amides is 2. The topological polar surface area (TPSA) is 84.0 Å². The van der Waals surface area contributed by atoms with Gasteiger partial charge in [0, 0.05) is 10.8 Å². The van der Waals surface area contributed by atoms with Gasteiger partial charge in [-0.2, -0.15) is 0 Å². The Kier molecular flexibility index (Phi) is 4.91. The lowest BCUT2D eigenvalue weighted by atomic mass is 10.2. The number of benzene rings is 1. The molecule has 0 radical (unpaired) electrons. The molecule has 0 atom stereocenters. The summed E-state index contributed by atoms with van der Waals surface area (Å²) in [7, 11) is 0. The fraction of sp³-hybridized carbons (Fsp3) is 0.0526. The average Bonchev–Trinajstić information content (AvgIpc) is 3.34. The van der Waals surface area contributed by atoms with Gasteiger partial charge in [0.1, 0.15) is 0 Å². The molecule has 134 valence electrons. The molecule has 2 N–H and O–H groups in total. The molecule has 0 aliphatic carbocycles. The number of nitrogens with one attached hydrogen (secondary N) is 2. The van der Waals surface area contributed by atoms with Crippen molar-refractivity contribution in [2.24, 2.45) is 0 Å². The third kappa shape index (κ3) is 4.18. The first-order chi connectivity index (χ1) is 13.2. The minimum atomic E-state index is -0.197. The highest BCUT2D eigenvalue weighted by atomic mass is 32.1. The molecule has 3 aromatic heterocycles. The van der Waals surface area contributed by atoms with Gasteiger partial charge in [0.15, 0.2) is 5.13 Å². The van der Waals surface area contributed by atoms with Gasteiger partial charge in [0.2, 0.25) is 5.91 Å². The van der Waals surface area contributed by atoms with Crippen LogP contribution in [0.15, 0.2) is 59.4 Å². The Balaban J connectivity index is 1.38. The van der Waals surface area contributed by atoms with Crippen LogP contribution in [0.5, 0.6) is 0 Å². The Hall–Kier alpha value is -3.10. The molecule has 0 saturated carbocycles. The lowest BCUT2D eigenvalue weighted by molar-refractivity contribution is -0.115. The van der Waals surface area contributed by atoms with Crippen LogP contribution in [0.2, 0.25) is 0 Å². The molecule has 2 amide bonds. The molecule has 0 spiro atoms. The Morgan fingerprint density at radius 3 is 2.78 bits per heavy atom. The van der Waals surface area contributed by atoms with Crippen molar-refractivity contribution in [2.45, 2.75) is 6.42 Å². The monoisotopic (exact) mass is 394 g/mol. The number of para-hydroxylation sites is 1. The van der Waals surface area contributed by atoms with Gasteiger partial charge in [-0.15, -0.1) is 22.7 Å². The number of thiophene rings is 1. The molecule has 0 fully saturated rings. The molecule has 0 unspecified atom stereocenters. The van der Waals surface area contributed by atoms with Crippen molar-refractivity contribution in [3.63, 3.8) is 0 Å². The molecule has 4 aromatic rings. The lowest BCUT2D eigenvalue weighted by Gasteiger charge is -2.05. The summed E-state index contributed by atoms with van der Waals surface area (Å²) in [4.78, 5) is 33.6. The van der Waals surface area contributed by atoms with E-state index >= 15 is 0 Å². The first-order valence-corrected chi connectivity index (χ1v) is 9.87. The molecule has 0 saturated heterocycles. The molecule has 0 aliphatic rings. The van der Waals surface area contributed by atoms with Crippen LogP contribution >= 0.6 is 22.7 Å². The number of hydrogen-bond donors (Lipinski definition) is 2. The molecule has 4 rings (SSSR count). The van der Waals surface area contributed by atoms with Crippen LogP contribution in [-0.4, -0.2) is 21.8 Å². The van der Waals surface area contributed by atoms with Gasteiger partial charge in [0.25, 0.3) is 5.91 Å². The summed E-state index contributed by atoms with van der Waals surface area (Å²) in [5.41, 5.74) is 2.12. The van der Waals surface area contributed by atoms with Gasteiger partial charge >= 0.3 is 0 Å². The summed E-state index contributed by atoms with van der Waals surface area (Å²) in [5.74, 6) is -0.383. The molecular weight excluding hydrogens is 380 g/mol. The quantitative estimate of drug-likeness (QED) is 0.532. The smallest absolute Gasteiger partial charge is 0.267 e. The number of pyridine rings is 1. The third-order valence-electron chi connectivity index (χ3n) is 3.73. The van der Waals surface area contributed by atoms with Crippen LogP contribution in [-0.2, 0) is 11.2 Å². The van der Waals surface area contributed by atoms with E-state index in [1.807, 2.05) is 41.8 Å². The van der Waals surface area contributed by atoms with Crippen molar-refractivity contribution in [1.29, 1.82) is 0 Å². The average molecular weight is 394 g/mol. The van der Waals surface area contributed by atoms with Crippen LogP contribution < -0.4 is 10.6 Å². The maximum absolute atomic E-state index is 12.3. The zero-order chi connectivity index (χ0) is 18.6. The van der Waals surface area contributed by atoms with Crippen molar-refractivity contribution in [3.8, 4) is 0 Å². The van der Waals surface area contributed by atoms with E-state index in [9.17, 15) is 9.59 Å². The van der Waals surface area contributed by atoms with E-state index in [-0.39, 0.29) is 18.2 Å². The maximum Gasteiger partial charge on any atom is 0.267 e. The summed E-state index contributed by atoms with van der Waals surface area (Å²) in [6.45, 7) is 0. The molecule has 3 heterocycles. The van der Waals surface area contributed by atoms with Crippen LogP contribution in [0.4, 0.5) is 10.8 Å². The first kappa shape index (κ1) is 17.3. The van der Waals surface area contributed by atoms with E-state index in [0.29, 0.717) is 21.4 Å². The summed E-state index contributed by atoms with van der Waals surface area (Å²) in [5, 5.41) is 10.6. The van der Waals surface area contributed by atoms with Gasteiger partial charge in [-0.3, -0.25) is 19.9 Å². The van der Waals surface area contributed by atoms with E-state index < -0.39 is 0 Å². The fourth-order valence-electron chi connectivity index (χ4n) is 2.52. The van der Waals surface area contributed by atoms with E-state index in [1.54, 1.807) is 17.6 Å². The minimum absolute atomic E-state index is 0.123. The second-order valence-electron chi connectivity index (χ2n) is 5.72. The number of thiazole rings is 1. The largest absolute Gasteiger partial charge is 0.324 e. The highest BCUT2D eigenvalue weighted by Gasteiger charge is 2.12. The third-order valence-corrected chi connectivity index (χ3v) is 5.41. The predicted octanol–water partition coefficient (Wildman–Crippen LogP) is 4.19. The first-order valence-electron chi connectivity index (χ1n) is 8.11. The number of carbonyl (C=O) groups excluding carboxylic acids is 2. The summed E-state index contributed by atoms with van der Waals surface area (Å²) < 4.78 is 0. The Morgan fingerprint density at radius 2 is 1.93 bits per heavy atom. The van der Waals surface area contributed by atoms with Gasteiger partial charge in [0.05, 0.1) is 34.4 Å². The second kappa shape index (κ2) is 7.65. The van der Waals surface area contributed by atoms with Gasteiger partial charge < -0.3 is 5.32 Å². The molecule has 27 heavy (non-hydrogen) atoms. The fourth-order valence-corrected chi connectivity index (χ4v) is 3.85. The Bertz CT molecular complexity index is 1110. The zero-order valence-corrected chi connectivity index (χ0v) is 15.6. The van der Waals surface area contributed by atoms with Crippen molar-refractivity contribution in [3.05, 3.63) is 70.0 Å². The minimum Gasteiger partial charge on any atom is -0.324 e. The van der Waals surface area contributed by atoms with Crippen molar-refractivity contribution in [2.75, 3.05) is 10.6 Å². The van der Waals surface area contributed by atoms with Crippen LogP contribution in [0, 0.1) is 0 Å². The predicted molar refractivity (Wildman–Crippen MR) is 108 cm³/mol. The van der Waals surface area contributed by atoms with Crippen LogP contribution in [0.3, 0.4) is 0 Å². The van der Waals surface area contributed by atoms with Gasteiger partial charge in [-0.05, 0) is 23.6 Å². The van der Waals surface area contributed by atoms with Crippen LogP contribution in [0.1, 0.15) is 15.4 Å². The van der Waals surface area contributed by atoms with Crippen molar-refractivity contribution >= 4 is 56.2 Å². The molecule has 8 heteroatoms. The lowest BCUT2D eigenvalue weighted by Crippen LogP contribution is -2.15. The molecule has 0 aliphatic heterocycles. The number of rotatable bonds is 5. The summed E-state index contributed by atoms with van der Waals surface area (Å²) >= 11 is 2.66. The molecule has 0 bridgehead atoms. The van der Waals surface area contributed by atoms with E-state index in [2.05, 4.69) is 20.6 Å². The number of fused-ring (bicyclic) bond motifs is 1. The summed E-state index contributed by atoms with van der Waals surface area (Å²) in [6, 6.07) is 13.2. The second-order valence-corrected chi connectivity index (χ2v) is 7.52. The number of aromatic nitrogens is 2. The van der Waals surface area contributed by atoms with E-state index in [1.165, 1.54) is 22.7 Å². The number of nitrogens with zero attached hydrogens (tertiary/aromatic N) is 2. The molecular formula is C19H14N4O2S2. The standard InChI is InChI=1S/C19H14N4O2S2/c24-17(21-13-8-12-4-1-2-5-15(12)20-10-13)9-14-11-27-19(22-14)23-18(25)16-6-3-7-26-16/h1-8,10-11H,9H2,(H,21,24)(H,22,23,25). The zero-order valence-electron chi connectivity index (χ0n) is 14.0. The maximum atomic E-state index is 12.3. The molecule has 6 nitrogen and oxygen atoms in total. The van der Waals surface area contributed by atoms with E-state index in [0.717, 1.165) is 10.9 Å². The number of carbonyl (C=O) groups is 2. The highest BCUT2D eigenvalue weighted by Crippen LogP contribution is 2.19. The normalized spacial score (nSPS) is 10.7. The number of anilines is 2. The number of hydrogen-bond acceptors (Lipinski definition) is 6. The van der Waals surface area contributed by atoms with E-state index in [4.69, 9.17) is 0 Å². The molecule has 1 aromatic carbocycles. The highest BCUT2D eigenvalue weighted by molar-refractivity contribution is 7.14. The van der Waals surface area contributed by atoms with Crippen molar-refractivity contribution in [1.82, 2.24) is 9.97 Å². The Morgan fingerprint density at radius 1 is 1.04 bits per heavy atom. The van der Waals surface area contributed by atoms with Gasteiger partial charge in [-0.25, -0.2) is 4.98 Å². The van der Waals surface area contributed by atoms with Crippen molar-refractivity contribution < 1.29 is 9.59 Å². The Labute approximate surface area is 162 Å². The van der Waals surface area contributed by atoms with Crippen LogP contribution in [0.25, 0.3) is 10.9 Å². The SMILES string of the molecule is O=C(Cc1csc(NC(=O)c2cccs2)n1)Nc1cnc2ccccc2c1. The van der Waals surface area contributed by atoms with Gasteiger partial charge in [-0.1, -0.05) is 24.3 Å².